The zero-order valence-corrected chi connectivity index (χ0v) is 37.5. The van der Waals surface area contributed by atoms with Crippen molar-refractivity contribution in [1.82, 2.24) is 0 Å². The molecular weight excluding hydrogens is 817 g/mol. The van der Waals surface area contributed by atoms with E-state index in [1.807, 2.05) is 0 Å². The van der Waals surface area contributed by atoms with E-state index < -0.39 is 5.41 Å². The minimum atomic E-state index is -0.665. The Kier molecular flexibility index (Phi) is 8.25. The molecule has 0 aliphatic heterocycles. The fourth-order valence-corrected chi connectivity index (χ4v) is 12.5. The van der Waals surface area contributed by atoms with Crippen LogP contribution in [-0.2, 0) is 11.8 Å². The Morgan fingerprint density at radius 3 is 1.93 bits per heavy atom. The zero-order chi connectivity index (χ0) is 44.4. The Hall–Kier alpha value is -8.08. The van der Waals surface area contributed by atoms with Gasteiger partial charge < -0.3 is 18.6 Å². The Labute approximate surface area is 390 Å². The third-order valence-electron chi connectivity index (χ3n) is 15.0. The summed E-state index contributed by atoms with van der Waals surface area (Å²) in [6.45, 7) is 4.37. The SMILES string of the molecule is Cc1cccc(N(c2ccccc2)c2cc3c(c4c2oc2ccccc24)C2=C(CC(N(c4ccccc4)c4cccc(C)c4)c4c2oc2c4CCC=C2)C32c3ccccc3-c3ccccc32)c1. The van der Waals surface area contributed by atoms with Crippen LogP contribution in [0.4, 0.5) is 28.4 Å². The zero-order valence-electron chi connectivity index (χ0n) is 37.5. The Bertz CT molecular complexity index is 3670. The van der Waals surface area contributed by atoms with Crippen LogP contribution in [0.3, 0.4) is 0 Å². The van der Waals surface area contributed by atoms with Crippen LogP contribution in [-0.4, -0.2) is 0 Å². The molecule has 8 aromatic carbocycles. The molecule has 1 atom stereocenters. The molecule has 2 heterocycles. The molecular formula is C63H46N2O2. The van der Waals surface area contributed by atoms with Gasteiger partial charge in [0.1, 0.15) is 17.1 Å². The van der Waals surface area contributed by atoms with Crippen molar-refractivity contribution in [2.24, 2.45) is 0 Å². The Morgan fingerprint density at radius 2 is 1.19 bits per heavy atom. The number of benzene rings is 8. The largest absolute Gasteiger partial charge is 0.456 e. The lowest BCUT2D eigenvalue weighted by atomic mass is 9.66. The lowest BCUT2D eigenvalue weighted by Crippen LogP contribution is -2.33. The molecule has 0 saturated heterocycles. The van der Waals surface area contributed by atoms with Crippen LogP contribution < -0.4 is 9.80 Å². The smallest absolute Gasteiger partial charge is 0.160 e. The third kappa shape index (κ3) is 5.35. The normalized spacial score (nSPS) is 15.9. The first-order valence-corrected chi connectivity index (χ1v) is 23.7. The molecule has 0 bridgehead atoms. The first-order chi connectivity index (χ1) is 33.1. The standard InChI is InChI=1S/C63H46N2O2/c1-39-19-17-25-43(35-39)64(41-21-5-3-6-22-41)53-37-52-60(62-57(53)47-29-11-15-33-55(47)67-62)59-51(63(52)49-31-13-9-27-45(49)46-28-10-14-32-50(46)63)38-54(61-58(59)48-30-12-16-34-56(48)66-61)65(42-23-7-4-8-24-42)44-26-18-20-40(2)36-44/h3-10,12-28,30-36,38,53H,11,29,37H2,1-2H3. The highest BCUT2D eigenvalue weighted by Crippen LogP contribution is 2.69. The molecule has 0 N–H and O–H groups in total. The van der Waals surface area contributed by atoms with Gasteiger partial charge in [0.15, 0.2) is 5.58 Å². The average molecular weight is 863 g/mol. The van der Waals surface area contributed by atoms with E-state index in [1.165, 1.54) is 72.5 Å². The quantitative estimate of drug-likeness (QED) is 0.167. The lowest BCUT2D eigenvalue weighted by molar-refractivity contribution is 0.521. The molecule has 0 radical (unpaired) electrons. The maximum atomic E-state index is 7.51. The van der Waals surface area contributed by atoms with Crippen LogP contribution in [0.2, 0.25) is 0 Å². The number of aryl methyl sites for hydroxylation is 2. The number of hydrogen-bond donors (Lipinski definition) is 0. The van der Waals surface area contributed by atoms with Gasteiger partial charge in [0, 0.05) is 55.8 Å². The van der Waals surface area contributed by atoms with Gasteiger partial charge in [-0.1, -0.05) is 133 Å². The van der Waals surface area contributed by atoms with Crippen LogP contribution in [0.25, 0.3) is 44.7 Å². The van der Waals surface area contributed by atoms with Crippen LogP contribution >= 0.6 is 0 Å². The second-order valence-corrected chi connectivity index (χ2v) is 18.7. The lowest BCUT2D eigenvalue weighted by Gasteiger charge is -2.41. The molecule has 4 aliphatic rings. The Balaban J connectivity index is 1.16. The van der Waals surface area contributed by atoms with Crippen LogP contribution in [0.5, 0.6) is 0 Å². The number of allylic oxidation sites excluding steroid dienone is 1. The summed E-state index contributed by atoms with van der Waals surface area (Å²) in [7, 11) is 0. The fraction of sp³-hybridized carbons (Fsp3) is 0.111. The summed E-state index contributed by atoms with van der Waals surface area (Å²) >= 11 is 0. The molecule has 4 heteroatoms. The second-order valence-electron chi connectivity index (χ2n) is 18.7. The summed E-state index contributed by atoms with van der Waals surface area (Å²) < 4.78 is 14.8. The number of anilines is 5. The van der Waals surface area contributed by atoms with E-state index in [1.54, 1.807) is 0 Å². The predicted octanol–water partition coefficient (Wildman–Crippen LogP) is 16.6. The summed E-state index contributed by atoms with van der Waals surface area (Å²) in [5.74, 6) is 1.95. The molecule has 67 heavy (non-hydrogen) atoms. The molecule has 4 aliphatic carbocycles. The van der Waals surface area contributed by atoms with Gasteiger partial charge in [0.2, 0.25) is 0 Å². The highest BCUT2D eigenvalue weighted by molar-refractivity contribution is 6.19. The van der Waals surface area contributed by atoms with E-state index in [2.05, 4.69) is 224 Å². The molecule has 10 aromatic rings. The van der Waals surface area contributed by atoms with Crippen molar-refractivity contribution in [2.45, 2.75) is 44.6 Å². The van der Waals surface area contributed by atoms with E-state index in [9.17, 15) is 0 Å². The fourth-order valence-electron chi connectivity index (χ4n) is 12.5. The molecule has 0 fully saturated rings. The molecule has 4 nitrogen and oxygen atoms in total. The van der Waals surface area contributed by atoms with Gasteiger partial charge in [-0.15, -0.1) is 0 Å². The monoisotopic (exact) mass is 862 g/mol. The van der Waals surface area contributed by atoms with Gasteiger partial charge in [-0.25, -0.2) is 0 Å². The highest BCUT2D eigenvalue weighted by Gasteiger charge is 2.58. The molecule has 0 saturated carbocycles. The summed E-state index contributed by atoms with van der Waals surface area (Å²) in [6.07, 6.45) is 7.18. The van der Waals surface area contributed by atoms with Crippen LogP contribution in [0.1, 0.15) is 74.9 Å². The molecule has 0 amide bonds. The van der Waals surface area contributed by atoms with Gasteiger partial charge >= 0.3 is 0 Å². The van der Waals surface area contributed by atoms with E-state index in [-0.39, 0.29) is 6.04 Å². The van der Waals surface area contributed by atoms with Crippen molar-refractivity contribution in [1.29, 1.82) is 0 Å². The number of nitrogens with zero attached hydrogens (tertiary/aromatic N) is 2. The predicted molar refractivity (Wildman–Crippen MR) is 274 cm³/mol. The van der Waals surface area contributed by atoms with E-state index in [0.29, 0.717) is 0 Å². The summed E-state index contributed by atoms with van der Waals surface area (Å²) in [4.78, 5) is 5.02. The van der Waals surface area contributed by atoms with Gasteiger partial charge in [-0.2, -0.15) is 0 Å². The van der Waals surface area contributed by atoms with Gasteiger partial charge in [-0.3, -0.25) is 0 Å². The minimum Gasteiger partial charge on any atom is -0.456 e. The molecule has 1 unspecified atom stereocenters. The van der Waals surface area contributed by atoms with Crippen molar-refractivity contribution in [3.8, 4) is 11.1 Å². The maximum Gasteiger partial charge on any atom is 0.160 e. The van der Waals surface area contributed by atoms with Crippen molar-refractivity contribution in [3.05, 3.63) is 256 Å². The molecule has 1 spiro atoms. The van der Waals surface area contributed by atoms with Crippen LogP contribution in [0.15, 0.2) is 209 Å². The van der Waals surface area contributed by atoms with Crippen molar-refractivity contribution in [3.63, 3.8) is 0 Å². The first kappa shape index (κ1) is 38.2. The minimum absolute atomic E-state index is 0.0766. The second kappa shape index (κ2) is 14.5. The third-order valence-corrected chi connectivity index (χ3v) is 15.0. The summed E-state index contributed by atoms with van der Waals surface area (Å²) in [5, 5.41) is 2.22. The highest BCUT2D eigenvalue weighted by atomic mass is 16.3. The average Bonchev–Trinajstić information content (AvgIpc) is 4.11. The number of fused-ring (bicyclic) bond motifs is 17. The topological polar surface area (TPSA) is 32.8 Å². The van der Waals surface area contributed by atoms with Crippen molar-refractivity contribution >= 4 is 62.0 Å². The molecule has 320 valence electrons. The van der Waals surface area contributed by atoms with E-state index in [4.69, 9.17) is 8.83 Å². The first-order valence-electron chi connectivity index (χ1n) is 23.7. The van der Waals surface area contributed by atoms with Gasteiger partial charge in [-0.05, 0) is 144 Å². The van der Waals surface area contributed by atoms with Crippen LogP contribution in [0, 0.1) is 13.8 Å². The van der Waals surface area contributed by atoms with Gasteiger partial charge in [0.25, 0.3) is 0 Å². The molecule has 2 aromatic heterocycles. The van der Waals surface area contributed by atoms with E-state index >= 15 is 0 Å². The van der Waals surface area contributed by atoms with Crippen molar-refractivity contribution in [2.75, 3.05) is 9.80 Å². The number of hydrogen-bond acceptors (Lipinski definition) is 4. The number of rotatable bonds is 6. The number of para-hydroxylation sites is 3. The Morgan fingerprint density at radius 1 is 0.567 bits per heavy atom. The van der Waals surface area contributed by atoms with Crippen molar-refractivity contribution < 1.29 is 8.83 Å². The van der Waals surface area contributed by atoms with E-state index in [0.717, 1.165) is 75.5 Å². The summed E-state index contributed by atoms with van der Waals surface area (Å²) in [6, 6.07) is 69.1. The summed E-state index contributed by atoms with van der Waals surface area (Å²) in [5.41, 5.74) is 21.8. The molecule has 14 rings (SSSR count). The van der Waals surface area contributed by atoms with Gasteiger partial charge in [0.05, 0.1) is 17.1 Å². The maximum absolute atomic E-state index is 7.51. The number of furan rings is 2.